The van der Waals surface area contributed by atoms with E-state index in [2.05, 4.69) is 20.0 Å². The van der Waals surface area contributed by atoms with Gasteiger partial charge in [0.1, 0.15) is 17.9 Å². The van der Waals surface area contributed by atoms with Gasteiger partial charge in [-0.1, -0.05) is 13.8 Å². The van der Waals surface area contributed by atoms with Gasteiger partial charge in [0.15, 0.2) is 11.4 Å². The first-order chi connectivity index (χ1) is 14.5. The molecule has 10 heteroatoms. The number of amides is 1. The lowest BCUT2D eigenvalue weighted by molar-refractivity contribution is -0.274. The molecule has 1 heterocycles. The Kier molecular flexibility index (Phi) is 4.44. The summed E-state index contributed by atoms with van der Waals surface area (Å²) in [5.74, 6) is -0.890. The van der Waals surface area contributed by atoms with Gasteiger partial charge in [0.25, 0.3) is 0 Å². The van der Waals surface area contributed by atoms with E-state index in [1.807, 2.05) is 26.0 Å². The molecule has 7 nitrogen and oxygen atoms in total. The van der Waals surface area contributed by atoms with Gasteiger partial charge in [-0.05, 0) is 42.5 Å². The van der Waals surface area contributed by atoms with Crippen molar-refractivity contribution in [2.75, 3.05) is 5.32 Å². The average molecular weight is 427 g/mol. The molecular formula is C21H16F3N5O2. The number of benzene rings is 1. The normalized spacial score (nSPS) is 22.9. The maximum Gasteiger partial charge on any atom is 0.573 e. The lowest BCUT2D eigenvalue weighted by atomic mass is 9.67. The predicted octanol–water partition coefficient (Wildman–Crippen LogP) is 3.91. The molecule has 0 aliphatic heterocycles. The first-order valence-corrected chi connectivity index (χ1v) is 9.43. The number of nitriles is 2. The first kappa shape index (κ1) is 20.6. The number of nitrogens with zero attached hydrogens (tertiary/aromatic N) is 4. The zero-order valence-corrected chi connectivity index (χ0v) is 16.5. The predicted molar refractivity (Wildman–Crippen MR) is 101 cm³/mol. The van der Waals surface area contributed by atoms with Crippen molar-refractivity contribution in [3.63, 3.8) is 0 Å². The Hall–Kier alpha value is -3.66. The molecule has 31 heavy (non-hydrogen) atoms. The molecule has 0 saturated heterocycles. The van der Waals surface area contributed by atoms with E-state index < -0.39 is 22.9 Å². The summed E-state index contributed by atoms with van der Waals surface area (Å²) in [6.45, 7) is 3.85. The van der Waals surface area contributed by atoms with Crippen molar-refractivity contribution in [2.45, 2.75) is 44.4 Å². The summed E-state index contributed by atoms with van der Waals surface area (Å²) in [6, 6.07) is 8.59. The smallest absolute Gasteiger partial charge is 0.406 e. The maximum atomic E-state index is 13.5. The minimum atomic E-state index is -4.81. The number of fused-ring (bicyclic) bond motifs is 5. The topological polar surface area (TPSA) is 112 Å². The van der Waals surface area contributed by atoms with Crippen molar-refractivity contribution in [2.24, 2.45) is 5.41 Å². The van der Waals surface area contributed by atoms with E-state index in [1.165, 1.54) is 12.1 Å². The second-order valence-electron chi connectivity index (χ2n) is 8.12. The number of alkyl halides is 3. The number of hydrogen-bond acceptors (Lipinski definition) is 6. The molecule has 2 atom stereocenters. The van der Waals surface area contributed by atoms with Crippen LogP contribution in [0.2, 0.25) is 0 Å². The van der Waals surface area contributed by atoms with E-state index in [-0.39, 0.29) is 23.2 Å². The third-order valence-corrected chi connectivity index (χ3v) is 6.38. The molecule has 1 N–H and O–H groups in total. The number of nitrogens with one attached hydrogen (secondary N) is 1. The summed E-state index contributed by atoms with van der Waals surface area (Å²) in [4.78, 5) is 22.2. The van der Waals surface area contributed by atoms with Gasteiger partial charge in [-0.3, -0.25) is 4.79 Å². The van der Waals surface area contributed by atoms with Crippen molar-refractivity contribution < 1.29 is 22.7 Å². The van der Waals surface area contributed by atoms with Gasteiger partial charge in [-0.15, -0.1) is 13.2 Å². The minimum Gasteiger partial charge on any atom is -0.406 e. The molecule has 1 aromatic heterocycles. The standard InChI is InChI=1S/C21H16F3N5O2/c1-19(2)13-7-8-20(19,17-16(13)28-14(9-25)15(10-26)29-17)18(30)27-11-3-5-12(6-4-11)31-21(22,23)24/h3-6,13H,7-8H2,1-2H3,(H,27,30). The zero-order chi connectivity index (χ0) is 22.6. The molecule has 1 saturated carbocycles. The third kappa shape index (κ3) is 2.98. The minimum absolute atomic E-state index is 0.0691. The molecule has 1 amide bonds. The number of halogens is 3. The lowest BCUT2D eigenvalue weighted by Gasteiger charge is -2.36. The third-order valence-electron chi connectivity index (χ3n) is 6.38. The van der Waals surface area contributed by atoms with Crippen LogP contribution in [-0.2, 0) is 10.2 Å². The lowest BCUT2D eigenvalue weighted by Crippen LogP contribution is -2.46. The summed E-state index contributed by atoms with van der Waals surface area (Å²) in [7, 11) is 0. The van der Waals surface area contributed by atoms with E-state index in [0.717, 1.165) is 12.1 Å². The fourth-order valence-electron chi connectivity index (χ4n) is 4.90. The van der Waals surface area contributed by atoms with Crippen LogP contribution >= 0.6 is 0 Å². The van der Waals surface area contributed by atoms with Crippen LogP contribution in [0.5, 0.6) is 5.75 Å². The highest BCUT2D eigenvalue weighted by atomic mass is 19.4. The number of anilines is 1. The van der Waals surface area contributed by atoms with Gasteiger partial charge in [0, 0.05) is 11.6 Å². The van der Waals surface area contributed by atoms with E-state index >= 15 is 0 Å². The second-order valence-corrected chi connectivity index (χ2v) is 8.12. The second kappa shape index (κ2) is 6.67. The molecule has 2 aliphatic carbocycles. The van der Waals surface area contributed by atoms with Crippen molar-refractivity contribution >= 4 is 11.6 Å². The van der Waals surface area contributed by atoms with Gasteiger partial charge in [-0.2, -0.15) is 10.5 Å². The maximum absolute atomic E-state index is 13.5. The van der Waals surface area contributed by atoms with E-state index in [9.17, 15) is 28.5 Å². The first-order valence-electron chi connectivity index (χ1n) is 9.43. The van der Waals surface area contributed by atoms with Gasteiger partial charge < -0.3 is 10.1 Å². The van der Waals surface area contributed by atoms with E-state index in [1.54, 1.807) is 0 Å². The Balaban J connectivity index is 1.70. The number of carbonyl (C=O) groups excluding carboxylic acids is 1. The Morgan fingerprint density at radius 3 is 2.35 bits per heavy atom. The Morgan fingerprint density at radius 1 is 1.16 bits per heavy atom. The van der Waals surface area contributed by atoms with Gasteiger partial charge in [-0.25, -0.2) is 9.97 Å². The van der Waals surface area contributed by atoms with Gasteiger partial charge >= 0.3 is 6.36 Å². The average Bonchev–Trinajstić information content (AvgIpc) is 3.08. The molecule has 2 bridgehead atoms. The Morgan fingerprint density at radius 2 is 1.77 bits per heavy atom. The van der Waals surface area contributed by atoms with Crippen LogP contribution in [0, 0.1) is 28.1 Å². The molecule has 1 fully saturated rings. The summed E-state index contributed by atoms with van der Waals surface area (Å²) in [5.41, 5.74) is -0.635. The van der Waals surface area contributed by atoms with Crippen LogP contribution in [0.25, 0.3) is 0 Å². The number of ether oxygens (including phenoxy) is 1. The summed E-state index contributed by atoms with van der Waals surface area (Å²) >= 11 is 0. The van der Waals surface area contributed by atoms with Crippen molar-refractivity contribution in [1.29, 1.82) is 10.5 Å². The largest absolute Gasteiger partial charge is 0.573 e. The van der Waals surface area contributed by atoms with Crippen LogP contribution in [-0.4, -0.2) is 22.2 Å². The van der Waals surface area contributed by atoms with Crippen molar-refractivity contribution in [3.05, 3.63) is 47.0 Å². The summed E-state index contributed by atoms with van der Waals surface area (Å²) < 4.78 is 40.9. The van der Waals surface area contributed by atoms with Gasteiger partial charge in [0.2, 0.25) is 5.91 Å². The molecule has 0 radical (unpaired) electrons. The molecule has 1 aromatic carbocycles. The zero-order valence-electron chi connectivity index (χ0n) is 16.5. The van der Waals surface area contributed by atoms with Crippen molar-refractivity contribution in [1.82, 2.24) is 9.97 Å². The highest BCUT2D eigenvalue weighted by Crippen LogP contribution is 2.67. The number of carbonyl (C=O) groups is 1. The monoisotopic (exact) mass is 427 g/mol. The molecular weight excluding hydrogens is 411 g/mol. The van der Waals surface area contributed by atoms with Crippen molar-refractivity contribution in [3.8, 4) is 17.9 Å². The molecule has 158 valence electrons. The van der Waals surface area contributed by atoms with Crippen LogP contribution in [0.3, 0.4) is 0 Å². The summed E-state index contributed by atoms with van der Waals surface area (Å²) in [6.07, 6.45) is -3.67. The molecule has 2 aliphatic rings. The quantitative estimate of drug-likeness (QED) is 0.795. The Labute approximate surface area is 175 Å². The van der Waals surface area contributed by atoms with Crippen LogP contribution < -0.4 is 10.1 Å². The molecule has 2 unspecified atom stereocenters. The van der Waals surface area contributed by atoms with Crippen LogP contribution in [0.15, 0.2) is 24.3 Å². The van der Waals surface area contributed by atoms with Crippen LogP contribution in [0.4, 0.5) is 18.9 Å². The Bertz CT molecular complexity index is 1160. The fourth-order valence-corrected chi connectivity index (χ4v) is 4.90. The summed E-state index contributed by atoms with van der Waals surface area (Å²) in [5, 5.41) is 21.4. The van der Waals surface area contributed by atoms with Crippen LogP contribution in [0.1, 0.15) is 55.4 Å². The SMILES string of the molecule is CC1(C)C2CCC1(C(=O)Nc1ccc(OC(F)(F)F)cc1)c1nc(C#N)c(C#N)nc12. The number of rotatable bonds is 3. The van der Waals surface area contributed by atoms with E-state index in [0.29, 0.717) is 29.9 Å². The van der Waals surface area contributed by atoms with E-state index in [4.69, 9.17) is 0 Å². The molecule has 0 spiro atoms. The highest BCUT2D eigenvalue weighted by molar-refractivity contribution is 6.01. The highest BCUT2D eigenvalue weighted by Gasteiger charge is 2.68. The molecule has 4 rings (SSSR count). The fraction of sp³-hybridized carbons (Fsp3) is 0.381. The number of aromatic nitrogens is 2. The number of hydrogen-bond donors (Lipinski definition) is 1. The van der Waals surface area contributed by atoms with Gasteiger partial charge in [0.05, 0.1) is 16.8 Å². The molecule has 2 aromatic rings.